The van der Waals surface area contributed by atoms with E-state index in [0.717, 1.165) is 12.8 Å². The van der Waals surface area contributed by atoms with Gasteiger partial charge in [0.1, 0.15) is 0 Å². The van der Waals surface area contributed by atoms with Gasteiger partial charge in [0.05, 0.1) is 6.20 Å². The van der Waals surface area contributed by atoms with E-state index in [-0.39, 0.29) is 5.03 Å². The molecule has 3 N–H and O–H groups in total. The molecule has 0 radical (unpaired) electrons. The Morgan fingerprint density at radius 1 is 1.20 bits per heavy atom. The second-order valence-corrected chi connectivity index (χ2v) is 6.62. The summed E-state index contributed by atoms with van der Waals surface area (Å²) in [6.45, 7) is 3.14. The van der Waals surface area contributed by atoms with E-state index in [0.29, 0.717) is 18.7 Å². The van der Waals surface area contributed by atoms with E-state index in [1.54, 1.807) is 7.05 Å². The van der Waals surface area contributed by atoms with Crippen molar-refractivity contribution >= 4 is 10.0 Å². The van der Waals surface area contributed by atoms with Gasteiger partial charge in [-0.3, -0.25) is 5.10 Å². The lowest BCUT2D eigenvalue weighted by Crippen LogP contribution is -2.26. The summed E-state index contributed by atoms with van der Waals surface area (Å²) in [6.07, 6.45) is 8.36. The molecule has 1 aromatic heterocycles. The number of hydrogen-bond donors (Lipinski definition) is 3. The Kier molecular flexibility index (Phi) is 7.79. The molecule has 0 atom stereocenters. The van der Waals surface area contributed by atoms with Gasteiger partial charge in [-0.1, -0.05) is 39.0 Å². The van der Waals surface area contributed by atoms with Gasteiger partial charge in [-0.2, -0.15) is 5.10 Å². The Hall–Kier alpha value is -0.920. The normalized spacial score (nSPS) is 11.9. The Labute approximate surface area is 121 Å². The molecule has 0 amide bonds. The van der Waals surface area contributed by atoms with Crippen molar-refractivity contribution in [2.24, 2.45) is 0 Å². The zero-order chi connectivity index (χ0) is 14.8. The molecular weight excluding hydrogens is 276 g/mol. The summed E-state index contributed by atoms with van der Waals surface area (Å²) in [5, 5.41) is 9.45. The summed E-state index contributed by atoms with van der Waals surface area (Å²) in [5.41, 5.74) is 0.656. The number of aromatic nitrogens is 2. The van der Waals surface area contributed by atoms with Crippen LogP contribution in [0.25, 0.3) is 0 Å². The van der Waals surface area contributed by atoms with E-state index >= 15 is 0 Å². The minimum atomic E-state index is -3.48. The van der Waals surface area contributed by atoms with Gasteiger partial charge in [0, 0.05) is 18.7 Å². The number of nitrogens with one attached hydrogen (secondary N) is 3. The van der Waals surface area contributed by atoms with Crippen molar-refractivity contribution in [2.75, 3.05) is 13.6 Å². The fraction of sp³-hybridized carbons (Fsp3) is 0.769. The highest BCUT2D eigenvalue weighted by Gasteiger charge is 2.19. The van der Waals surface area contributed by atoms with E-state index in [9.17, 15) is 8.42 Å². The second-order valence-electron chi connectivity index (χ2n) is 4.92. The number of H-pyrrole nitrogens is 1. The predicted octanol–water partition coefficient (Wildman–Crippen LogP) is 1.77. The van der Waals surface area contributed by atoms with Crippen molar-refractivity contribution in [3.8, 4) is 0 Å². The van der Waals surface area contributed by atoms with E-state index < -0.39 is 10.0 Å². The quantitative estimate of drug-likeness (QED) is 0.544. The lowest BCUT2D eigenvalue weighted by atomic mass is 10.1. The molecule has 0 unspecified atom stereocenters. The monoisotopic (exact) mass is 302 g/mol. The van der Waals surface area contributed by atoms with Crippen LogP contribution in [0.1, 0.15) is 51.0 Å². The number of unbranched alkanes of at least 4 members (excludes halogenated alkanes) is 5. The number of nitrogens with zero attached hydrogens (tertiary/aromatic N) is 1. The summed E-state index contributed by atoms with van der Waals surface area (Å²) in [7, 11) is -1.70. The number of aromatic amines is 1. The van der Waals surface area contributed by atoms with Gasteiger partial charge in [-0.25, -0.2) is 13.1 Å². The van der Waals surface area contributed by atoms with Gasteiger partial charge in [0.15, 0.2) is 5.03 Å². The van der Waals surface area contributed by atoms with Gasteiger partial charge in [0.25, 0.3) is 10.0 Å². The SMILES string of the molecule is CCCCCCCCNS(=O)(=O)c1[nH]ncc1CNC. The Morgan fingerprint density at radius 3 is 2.60 bits per heavy atom. The summed E-state index contributed by atoms with van der Waals surface area (Å²) >= 11 is 0. The molecule has 0 aliphatic rings. The Balaban J connectivity index is 2.36. The van der Waals surface area contributed by atoms with Crippen LogP contribution in [0.15, 0.2) is 11.2 Å². The molecule has 6 nitrogen and oxygen atoms in total. The van der Waals surface area contributed by atoms with Gasteiger partial charge in [-0.15, -0.1) is 0 Å². The Bertz CT molecular complexity index is 470. The maximum Gasteiger partial charge on any atom is 0.257 e. The summed E-state index contributed by atoms with van der Waals surface area (Å²) < 4.78 is 26.9. The molecule has 0 saturated carbocycles. The van der Waals surface area contributed by atoms with Crippen LogP contribution in [0.4, 0.5) is 0 Å². The van der Waals surface area contributed by atoms with Gasteiger partial charge in [0.2, 0.25) is 0 Å². The zero-order valence-corrected chi connectivity index (χ0v) is 13.2. The molecule has 0 bridgehead atoms. The van der Waals surface area contributed by atoms with Crippen LogP contribution in [-0.4, -0.2) is 32.2 Å². The van der Waals surface area contributed by atoms with E-state index in [1.807, 2.05) is 0 Å². The lowest BCUT2D eigenvalue weighted by molar-refractivity contribution is 0.562. The third-order valence-corrected chi connectivity index (χ3v) is 4.61. The van der Waals surface area contributed by atoms with Crippen LogP contribution in [0.3, 0.4) is 0 Å². The highest BCUT2D eigenvalue weighted by atomic mass is 32.2. The van der Waals surface area contributed by atoms with Crippen molar-refractivity contribution in [1.29, 1.82) is 0 Å². The van der Waals surface area contributed by atoms with E-state index in [1.165, 1.54) is 31.9 Å². The van der Waals surface area contributed by atoms with Crippen LogP contribution in [0.2, 0.25) is 0 Å². The topological polar surface area (TPSA) is 86.9 Å². The molecule has 0 saturated heterocycles. The molecule has 1 aromatic rings. The third-order valence-electron chi connectivity index (χ3n) is 3.14. The number of rotatable bonds is 11. The second kappa shape index (κ2) is 9.10. The molecule has 0 spiro atoms. The maximum absolute atomic E-state index is 12.1. The average Bonchev–Trinajstić information content (AvgIpc) is 2.87. The number of hydrogen-bond acceptors (Lipinski definition) is 4. The fourth-order valence-electron chi connectivity index (χ4n) is 2.03. The first-order chi connectivity index (χ1) is 9.61. The van der Waals surface area contributed by atoms with Gasteiger partial charge in [-0.05, 0) is 13.5 Å². The molecule has 1 rings (SSSR count). The van der Waals surface area contributed by atoms with Crippen molar-refractivity contribution < 1.29 is 8.42 Å². The first kappa shape index (κ1) is 17.1. The zero-order valence-electron chi connectivity index (χ0n) is 12.4. The minimum absolute atomic E-state index is 0.165. The van der Waals surface area contributed by atoms with Crippen LogP contribution in [0, 0.1) is 0 Å². The van der Waals surface area contributed by atoms with Gasteiger partial charge < -0.3 is 5.32 Å². The summed E-state index contributed by atoms with van der Waals surface area (Å²) in [4.78, 5) is 0. The van der Waals surface area contributed by atoms with Crippen LogP contribution in [0.5, 0.6) is 0 Å². The molecule has 0 aliphatic carbocycles. The predicted molar refractivity (Wildman–Crippen MR) is 79.9 cm³/mol. The van der Waals surface area contributed by atoms with E-state index in [2.05, 4.69) is 27.2 Å². The first-order valence-electron chi connectivity index (χ1n) is 7.28. The molecule has 116 valence electrons. The van der Waals surface area contributed by atoms with E-state index in [4.69, 9.17) is 0 Å². The molecule has 1 heterocycles. The van der Waals surface area contributed by atoms with Crippen molar-refractivity contribution in [3.05, 3.63) is 11.8 Å². The minimum Gasteiger partial charge on any atom is -0.316 e. The molecular formula is C13H26N4O2S. The molecule has 7 heteroatoms. The van der Waals surface area contributed by atoms with Crippen molar-refractivity contribution in [2.45, 2.75) is 57.0 Å². The fourth-order valence-corrected chi connectivity index (χ4v) is 3.23. The molecule has 0 aliphatic heterocycles. The van der Waals surface area contributed by atoms with Crippen molar-refractivity contribution in [3.63, 3.8) is 0 Å². The molecule has 20 heavy (non-hydrogen) atoms. The van der Waals surface area contributed by atoms with Crippen LogP contribution < -0.4 is 10.0 Å². The number of sulfonamides is 1. The summed E-state index contributed by atoms with van der Waals surface area (Å²) in [5.74, 6) is 0. The average molecular weight is 302 g/mol. The lowest BCUT2D eigenvalue weighted by Gasteiger charge is -2.07. The molecule has 0 fully saturated rings. The smallest absolute Gasteiger partial charge is 0.257 e. The largest absolute Gasteiger partial charge is 0.316 e. The highest BCUT2D eigenvalue weighted by molar-refractivity contribution is 7.89. The molecule has 0 aromatic carbocycles. The Morgan fingerprint density at radius 2 is 1.90 bits per heavy atom. The van der Waals surface area contributed by atoms with Crippen LogP contribution >= 0.6 is 0 Å². The summed E-state index contributed by atoms with van der Waals surface area (Å²) in [6, 6.07) is 0. The van der Waals surface area contributed by atoms with Crippen LogP contribution in [-0.2, 0) is 16.6 Å². The standard InChI is InChI=1S/C13H26N4O2S/c1-3-4-5-6-7-8-9-16-20(18,19)13-12(10-14-2)11-15-17-13/h11,14,16H,3-10H2,1-2H3,(H,15,17). The highest BCUT2D eigenvalue weighted by Crippen LogP contribution is 2.11. The maximum atomic E-state index is 12.1. The third kappa shape index (κ3) is 5.60. The first-order valence-corrected chi connectivity index (χ1v) is 8.76. The van der Waals surface area contributed by atoms with Crippen molar-refractivity contribution in [1.82, 2.24) is 20.2 Å². The van der Waals surface area contributed by atoms with Gasteiger partial charge >= 0.3 is 0 Å².